The lowest BCUT2D eigenvalue weighted by Gasteiger charge is -2.51. The number of ether oxygens (including phenoxy) is 5. The third-order valence-corrected chi connectivity index (χ3v) is 12.3. The Morgan fingerprint density at radius 2 is 1.34 bits per heavy atom. The minimum atomic E-state index is -1.66. The number of nitrogens with zero attached hydrogens (tertiary/aromatic N) is 1. The maximum absolute atomic E-state index is 14.0. The number of hydrogen-bond acceptors (Lipinski definition) is 13. The van der Waals surface area contributed by atoms with Gasteiger partial charge in [-0.3, -0.25) is 4.79 Å². The molecule has 1 atom stereocenters. The first kappa shape index (κ1) is 33.5. The molecule has 1 spiro atoms. The number of amides is 1. The lowest BCUT2D eigenvalue weighted by atomic mass is 9.82. The molecule has 3 aliphatic rings. The minimum Gasteiger partial charge on any atom is -0.497 e. The molecule has 0 bridgehead atoms. The average molecular weight is 664 g/mol. The SMILES string of the molecule is CC[C@H](C)C(=O)N1c2ccc(OC)cc2C2=C(SC(C(=O)OC)=C(C(=O)OC)C23SC(C(=O)OC)=C(C(=O)OC)S3)C1(C)C. The lowest BCUT2D eigenvalue weighted by Crippen LogP contribution is -2.55. The van der Waals surface area contributed by atoms with Crippen LogP contribution in [0.1, 0.15) is 39.7 Å². The number of carbonyl (C=O) groups is 5. The van der Waals surface area contributed by atoms with Gasteiger partial charge in [0.15, 0.2) is 0 Å². The summed E-state index contributed by atoms with van der Waals surface area (Å²) in [5, 5.41) is 0. The fourth-order valence-corrected chi connectivity index (χ4v) is 10.3. The van der Waals surface area contributed by atoms with Crippen molar-refractivity contribution in [3.05, 3.63) is 49.0 Å². The molecule has 0 aliphatic carbocycles. The monoisotopic (exact) mass is 663 g/mol. The van der Waals surface area contributed by atoms with Crippen LogP contribution >= 0.6 is 35.3 Å². The highest BCUT2D eigenvalue weighted by Crippen LogP contribution is 2.71. The van der Waals surface area contributed by atoms with Crippen LogP contribution in [0.4, 0.5) is 5.69 Å². The maximum Gasteiger partial charge on any atom is 0.345 e. The summed E-state index contributed by atoms with van der Waals surface area (Å²) < 4.78 is 24.3. The molecule has 0 radical (unpaired) electrons. The second-order valence-electron chi connectivity index (χ2n) is 10.4. The van der Waals surface area contributed by atoms with Crippen molar-refractivity contribution < 1.29 is 47.7 Å². The smallest absolute Gasteiger partial charge is 0.345 e. The Morgan fingerprint density at radius 3 is 1.82 bits per heavy atom. The minimum absolute atomic E-state index is 0.108. The van der Waals surface area contributed by atoms with Crippen LogP contribution in [0.5, 0.6) is 5.75 Å². The Hall–Kier alpha value is -3.36. The van der Waals surface area contributed by atoms with Gasteiger partial charge in [-0.2, -0.15) is 0 Å². The molecule has 14 heteroatoms. The van der Waals surface area contributed by atoms with Gasteiger partial charge < -0.3 is 28.6 Å². The molecule has 3 heterocycles. The van der Waals surface area contributed by atoms with Gasteiger partial charge in [-0.25, -0.2) is 19.2 Å². The fraction of sp³-hybridized carbons (Fsp3) is 0.433. The standard InChI is InChI=1S/C30H33NO10S3/c1-10-14(2)24(32)31-17-12-11-15(37-5)13-16(17)18-23(29(31,3)4)42-20(26(34)39-7)19(25(33)38-6)30(18)43-21(27(35)40-8)22(44-30)28(36)41-9/h11-14H,10H2,1-9H3/t14-/m0/s1. The lowest BCUT2D eigenvalue weighted by molar-refractivity contribution is -0.138. The van der Waals surface area contributed by atoms with Crippen LogP contribution in [0, 0.1) is 5.92 Å². The van der Waals surface area contributed by atoms with Gasteiger partial charge >= 0.3 is 23.9 Å². The molecule has 1 aromatic carbocycles. The van der Waals surface area contributed by atoms with Crippen molar-refractivity contribution in [2.24, 2.45) is 5.92 Å². The largest absolute Gasteiger partial charge is 0.497 e. The Bertz CT molecular complexity index is 1530. The van der Waals surface area contributed by atoms with Gasteiger partial charge in [0.1, 0.15) is 24.5 Å². The van der Waals surface area contributed by atoms with Gasteiger partial charge in [0, 0.05) is 22.0 Å². The number of thioether (sulfide) groups is 3. The quantitative estimate of drug-likeness (QED) is 0.296. The van der Waals surface area contributed by atoms with E-state index in [0.717, 1.165) is 35.3 Å². The van der Waals surface area contributed by atoms with Crippen molar-refractivity contribution in [2.75, 3.05) is 40.4 Å². The van der Waals surface area contributed by atoms with Gasteiger partial charge in [-0.15, -0.1) is 0 Å². The van der Waals surface area contributed by atoms with E-state index in [1.54, 1.807) is 23.1 Å². The Morgan fingerprint density at radius 1 is 0.818 bits per heavy atom. The van der Waals surface area contributed by atoms with Gasteiger partial charge in [0.2, 0.25) is 5.91 Å². The number of benzene rings is 1. The average Bonchev–Trinajstić information content (AvgIpc) is 3.42. The summed E-state index contributed by atoms with van der Waals surface area (Å²) in [5.74, 6) is -3.42. The zero-order valence-electron chi connectivity index (χ0n) is 25.8. The Labute approximate surface area is 268 Å². The van der Waals surface area contributed by atoms with Crippen molar-refractivity contribution in [2.45, 2.75) is 43.7 Å². The molecular weight excluding hydrogens is 631 g/mol. The molecule has 1 amide bonds. The molecule has 0 fully saturated rings. The van der Waals surface area contributed by atoms with Crippen LogP contribution in [-0.2, 0) is 42.9 Å². The van der Waals surface area contributed by atoms with Crippen molar-refractivity contribution in [1.29, 1.82) is 0 Å². The number of esters is 4. The first-order valence-electron chi connectivity index (χ1n) is 13.4. The molecule has 3 aliphatic heterocycles. The molecule has 4 rings (SSSR count). The summed E-state index contributed by atoms with van der Waals surface area (Å²) >= 11 is 2.73. The highest BCUT2D eigenvalue weighted by molar-refractivity contribution is 8.26. The summed E-state index contributed by atoms with van der Waals surface area (Å²) in [7, 11) is 6.18. The molecule has 0 aromatic heterocycles. The molecule has 11 nitrogen and oxygen atoms in total. The molecule has 1 aromatic rings. The van der Waals surface area contributed by atoms with Crippen molar-refractivity contribution in [3.63, 3.8) is 0 Å². The summed E-state index contributed by atoms with van der Waals surface area (Å²) in [6.07, 6.45) is 0.584. The van der Waals surface area contributed by atoms with Crippen LogP contribution in [0.15, 0.2) is 43.4 Å². The summed E-state index contributed by atoms with van der Waals surface area (Å²) in [4.78, 5) is 69.3. The van der Waals surface area contributed by atoms with E-state index in [-0.39, 0.29) is 32.1 Å². The predicted octanol–water partition coefficient (Wildman–Crippen LogP) is 4.66. The third-order valence-electron chi connectivity index (χ3n) is 7.60. The van der Waals surface area contributed by atoms with E-state index in [4.69, 9.17) is 23.7 Å². The first-order valence-corrected chi connectivity index (χ1v) is 15.9. The van der Waals surface area contributed by atoms with E-state index >= 15 is 0 Å². The highest BCUT2D eigenvalue weighted by atomic mass is 32.2. The fourth-order valence-electron chi connectivity index (χ4n) is 5.21. The first-order chi connectivity index (χ1) is 20.8. The summed E-state index contributed by atoms with van der Waals surface area (Å²) in [5.41, 5.74) is 0.285. The summed E-state index contributed by atoms with van der Waals surface area (Å²) in [6.45, 7) is 7.45. The van der Waals surface area contributed by atoms with Crippen LogP contribution in [0.2, 0.25) is 0 Å². The molecule has 0 unspecified atom stereocenters. The third kappa shape index (κ3) is 5.10. The molecule has 0 N–H and O–H groups in total. The van der Waals surface area contributed by atoms with Crippen LogP contribution in [-0.4, -0.2) is 75.0 Å². The van der Waals surface area contributed by atoms with Gasteiger partial charge in [0.05, 0.1) is 52.3 Å². The number of hydrogen-bond donors (Lipinski definition) is 0. The van der Waals surface area contributed by atoms with E-state index in [0.29, 0.717) is 33.9 Å². The molecule has 44 heavy (non-hydrogen) atoms. The maximum atomic E-state index is 14.0. The van der Waals surface area contributed by atoms with E-state index in [1.807, 2.05) is 27.7 Å². The number of carbonyl (C=O) groups excluding carboxylic acids is 5. The van der Waals surface area contributed by atoms with Crippen LogP contribution in [0.25, 0.3) is 5.57 Å². The van der Waals surface area contributed by atoms with E-state index in [1.165, 1.54) is 35.5 Å². The second-order valence-corrected chi connectivity index (χ2v) is 14.1. The second kappa shape index (κ2) is 12.6. The van der Waals surface area contributed by atoms with Crippen LogP contribution in [0.3, 0.4) is 0 Å². The number of fused-ring (bicyclic) bond motifs is 3. The van der Waals surface area contributed by atoms with Gasteiger partial charge in [-0.05, 0) is 38.5 Å². The molecule has 236 valence electrons. The number of methoxy groups -OCH3 is 5. The van der Waals surface area contributed by atoms with Crippen molar-refractivity contribution >= 4 is 76.3 Å². The number of rotatable bonds is 7. The molecular formula is C30H33NO10S3. The Balaban J connectivity index is 2.19. The Kier molecular flexibility index (Phi) is 9.57. The number of anilines is 1. The zero-order valence-corrected chi connectivity index (χ0v) is 28.2. The van der Waals surface area contributed by atoms with Crippen LogP contribution < -0.4 is 9.64 Å². The van der Waals surface area contributed by atoms with E-state index < -0.39 is 33.5 Å². The highest BCUT2D eigenvalue weighted by Gasteiger charge is 2.62. The van der Waals surface area contributed by atoms with Crippen molar-refractivity contribution in [1.82, 2.24) is 0 Å². The topological polar surface area (TPSA) is 135 Å². The van der Waals surface area contributed by atoms with Crippen molar-refractivity contribution in [3.8, 4) is 5.75 Å². The zero-order chi connectivity index (χ0) is 32.7. The van der Waals surface area contributed by atoms with Gasteiger partial charge in [-0.1, -0.05) is 49.1 Å². The normalized spacial score (nSPS) is 18.8. The van der Waals surface area contributed by atoms with Gasteiger partial charge in [0.25, 0.3) is 0 Å². The summed E-state index contributed by atoms with van der Waals surface area (Å²) in [6, 6.07) is 5.21. The van der Waals surface area contributed by atoms with E-state index in [2.05, 4.69) is 0 Å². The van der Waals surface area contributed by atoms with E-state index in [9.17, 15) is 24.0 Å². The predicted molar refractivity (Wildman–Crippen MR) is 169 cm³/mol. The molecule has 0 saturated heterocycles. The molecule has 0 saturated carbocycles.